The molecule has 4 nitrogen and oxygen atoms in total. The molecule has 0 amide bonds. The first-order valence-electron chi connectivity index (χ1n) is 11.0. The second kappa shape index (κ2) is 9.46. The third kappa shape index (κ3) is 4.68. The van der Waals surface area contributed by atoms with Crippen molar-refractivity contribution in [1.29, 1.82) is 0 Å². The van der Waals surface area contributed by atoms with Gasteiger partial charge in [-0.2, -0.15) is 0 Å². The van der Waals surface area contributed by atoms with E-state index >= 15 is 0 Å². The maximum atomic E-state index is 13.8. The average Bonchev–Trinajstić information content (AvgIpc) is 2.72. The van der Waals surface area contributed by atoms with Crippen LogP contribution in [0.4, 0.5) is 0 Å². The Morgan fingerprint density at radius 3 is 2.12 bits per heavy atom. The van der Waals surface area contributed by atoms with Gasteiger partial charge in [0, 0.05) is 10.9 Å². The molecule has 0 radical (unpaired) electrons. The molecule has 0 saturated carbocycles. The highest BCUT2D eigenvalue weighted by molar-refractivity contribution is 7.98. The molecule has 0 fully saturated rings. The molecule has 0 aliphatic heterocycles. The molecule has 1 aromatic heterocycles. The van der Waals surface area contributed by atoms with Crippen LogP contribution in [0.25, 0.3) is 10.9 Å². The van der Waals surface area contributed by atoms with Crippen molar-refractivity contribution in [3.8, 4) is 5.75 Å². The molecule has 0 N–H and O–H groups in total. The normalized spacial score (nSPS) is 13.1. The Labute approximate surface area is 197 Å². The highest BCUT2D eigenvalue weighted by atomic mass is 32.2. The summed E-state index contributed by atoms with van der Waals surface area (Å²) < 4.78 is 14.1. The molecule has 0 bridgehead atoms. The minimum atomic E-state index is -1.48. The molecule has 2 aromatic carbocycles. The second-order valence-electron chi connectivity index (χ2n) is 9.60. The first kappa shape index (κ1) is 24.6. The van der Waals surface area contributed by atoms with Crippen molar-refractivity contribution >= 4 is 31.7 Å². The average molecular weight is 470 g/mol. The summed E-state index contributed by atoms with van der Waals surface area (Å²) in [6.45, 7) is 15.0. The Balaban J connectivity index is 2.37. The summed E-state index contributed by atoms with van der Waals surface area (Å²) >= 11 is 1.42. The zero-order chi connectivity index (χ0) is 23.8. The van der Waals surface area contributed by atoms with E-state index in [0.29, 0.717) is 10.6 Å². The molecule has 3 rings (SSSR count). The van der Waals surface area contributed by atoms with E-state index in [1.54, 1.807) is 7.11 Å². The maximum absolute atomic E-state index is 13.8. The summed E-state index contributed by atoms with van der Waals surface area (Å²) in [5.41, 5.74) is 5.36. The number of ether oxygens (including phenoxy) is 1. The largest absolute Gasteiger partial charge is 0.495 e. The monoisotopic (exact) mass is 469 g/mol. The van der Waals surface area contributed by atoms with Gasteiger partial charge < -0.3 is 9.16 Å². The minimum absolute atomic E-state index is 0.0615. The minimum Gasteiger partial charge on any atom is -0.495 e. The van der Waals surface area contributed by atoms with Gasteiger partial charge in [0.15, 0.2) is 15.3 Å². The van der Waals surface area contributed by atoms with Crippen molar-refractivity contribution in [2.24, 2.45) is 0 Å². The van der Waals surface area contributed by atoms with E-state index in [9.17, 15) is 4.79 Å². The van der Waals surface area contributed by atoms with Crippen LogP contribution in [0.1, 0.15) is 49.3 Å². The van der Waals surface area contributed by atoms with Crippen LogP contribution in [0.3, 0.4) is 0 Å². The Kier molecular flexibility index (Phi) is 7.27. The summed E-state index contributed by atoms with van der Waals surface area (Å²) in [4.78, 5) is 14.4. The number of aromatic nitrogens is 1. The van der Waals surface area contributed by atoms with Gasteiger partial charge in [-0.15, -0.1) is 11.8 Å². The van der Waals surface area contributed by atoms with Gasteiger partial charge in [-0.05, 0) is 67.4 Å². The lowest BCUT2D eigenvalue weighted by atomic mass is 9.86. The number of benzene rings is 2. The third-order valence-corrected chi connectivity index (χ3v) is 7.41. The van der Waals surface area contributed by atoms with Gasteiger partial charge in [0.2, 0.25) is 0 Å². The summed E-state index contributed by atoms with van der Waals surface area (Å²) in [7, 11) is 0.154. The van der Waals surface area contributed by atoms with Crippen LogP contribution >= 0.6 is 11.8 Å². The Morgan fingerprint density at radius 1 is 1.03 bits per heavy atom. The predicted molar refractivity (Wildman–Crippen MR) is 139 cm³/mol. The number of fused-ring (bicyclic) bond motifs is 1. The number of thioether (sulfide) groups is 1. The molecule has 1 atom stereocenters. The summed E-state index contributed by atoms with van der Waals surface area (Å²) in [5, 5.41) is 0.935. The van der Waals surface area contributed by atoms with Crippen LogP contribution in [0.2, 0.25) is 13.1 Å². The number of nitrogens with zero attached hydrogens (tertiary/aromatic N) is 1. The molecular weight excluding hydrogens is 434 g/mol. The van der Waals surface area contributed by atoms with Crippen LogP contribution < -0.4 is 10.3 Å². The highest BCUT2D eigenvalue weighted by Crippen LogP contribution is 2.36. The van der Waals surface area contributed by atoms with Crippen LogP contribution in [-0.4, -0.2) is 27.0 Å². The zero-order valence-corrected chi connectivity index (χ0v) is 22.7. The molecule has 0 aliphatic carbocycles. The quantitative estimate of drug-likeness (QED) is 0.319. The Morgan fingerprint density at radius 2 is 1.62 bits per heavy atom. The second-order valence-corrected chi connectivity index (χ2v) is 12.8. The smallest absolute Gasteiger partial charge is 0.270 e. The first-order chi connectivity index (χ1) is 15.0. The fraction of sp³-hybridized carbons (Fsp3) is 0.423. The molecule has 6 heteroatoms. The number of pyridine rings is 1. The van der Waals surface area contributed by atoms with E-state index in [1.165, 1.54) is 22.9 Å². The van der Waals surface area contributed by atoms with Crippen molar-refractivity contribution in [1.82, 2.24) is 4.57 Å². The molecule has 1 unspecified atom stereocenters. The molecule has 0 spiro atoms. The standard InChI is InChI=1S/C26H35NO3SSi/c1-16-14-20-21(15-17(16)2)27(24(28)23(31-7)22(20)29-6)25(30-32(8)9)18-10-12-19(13-11-18)26(3,4)5/h10-15,25,32H,1-9H3. The zero-order valence-electron chi connectivity index (χ0n) is 20.7. The number of hydrogen-bond donors (Lipinski definition) is 0. The van der Waals surface area contributed by atoms with E-state index in [-0.39, 0.29) is 11.0 Å². The van der Waals surface area contributed by atoms with Gasteiger partial charge in [-0.3, -0.25) is 9.36 Å². The lowest BCUT2D eigenvalue weighted by Gasteiger charge is -2.28. The first-order valence-corrected chi connectivity index (χ1v) is 15.0. The van der Waals surface area contributed by atoms with Crippen LogP contribution in [0, 0.1) is 13.8 Å². The molecule has 32 heavy (non-hydrogen) atoms. The van der Waals surface area contributed by atoms with Gasteiger partial charge in [0.25, 0.3) is 5.56 Å². The van der Waals surface area contributed by atoms with E-state index in [2.05, 4.69) is 84.1 Å². The van der Waals surface area contributed by atoms with E-state index in [1.807, 2.05) is 10.8 Å². The molecule has 3 aromatic rings. The highest BCUT2D eigenvalue weighted by Gasteiger charge is 2.26. The SMILES string of the molecule is COc1c(SC)c(=O)n(C(O[SiH](C)C)c2ccc(C(C)(C)C)cc2)c2cc(C)c(C)cc12. The van der Waals surface area contributed by atoms with Crippen LogP contribution in [0.15, 0.2) is 46.1 Å². The maximum Gasteiger partial charge on any atom is 0.270 e. The number of rotatable bonds is 6. The van der Waals surface area contributed by atoms with Crippen molar-refractivity contribution in [2.75, 3.05) is 13.4 Å². The van der Waals surface area contributed by atoms with Gasteiger partial charge in [-0.1, -0.05) is 45.0 Å². The van der Waals surface area contributed by atoms with Gasteiger partial charge in [0.1, 0.15) is 10.6 Å². The van der Waals surface area contributed by atoms with Crippen molar-refractivity contribution in [3.05, 3.63) is 69.0 Å². The summed E-state index contributed by atoms with van der Waals surface area (Å²) in [5.74, 6) is 0.639. The molecule has 0 aliphatic rings. The lowest BCUT2D eigenvalue weighted by molar-refractivity contribution is 0.175. The molecule has 1 heterocycles. The van der Waals surface area contributed by atoms with E-state index in [4.69, 9.17) is 9.16 Å². The number of aryl methyl sites for hydroxylation is 2. The van der Waals surface area contributed by atoms with Crippen LogP contribution in [-0.2, 0) is 9.84 Å². The third-order valence-electron chi connectivity index (χ3n) is 5.84. The number of methoxy groups -OCH3 is 1. The van der Waals surface area contributed by atoms with Crippen molar-refractivity contribution in [3.63, 3.8) is 0 Å². The van der Waals surface area contributed by atoms with Crippen molar-refractivity contribution in [2.45, 2.75) is 64.3 Å². The van der Waals surface area contributed by atoms with E-state index < -0.39 is 15.3 Å². The van der Waals surface area contributed by atoms with Gasteiger partial charge in [-0.25, -0.2) is 0 Å². The van der Waals surface area contributed by atoms with Gasteiger partial charge >= 0.3 is 0 Å². The van der Waals surface area contributed by atoms with Crippen LogP contribution in [0.5, 0.6) is 5.75 Å². The molecule has 172 valence electrons. The molecule has 0 saturated heterocycles. The topological polar surface area (TPSA) is 40.5 Å². The summed E-state index contributed by atoms with van der Waals surface area (Å²) in [6, 6.07) is 12.7. The van der Waals surface area contributed by atoms with E-state index in [0.717, 1.165) is 22.0 Å². The lowest BCUT2D eigenvalue weighted by Crippen LogP contribution is -2.31. The summed E-state index contributed by atoms with van der Waals surface area (Å²) in [6.07, 6.45) is 1.44. The fourth-order valence-electron chi connectivity index (χ4n) is 3.93. The number of hydrogen-bond acceptors (Lipinski definition) is 4. The Bertz CT molecular complexity index is 1180. The fourth-order valence-corrected chi connectivity index (χ4v) is 5.38. The van der Waals surface area contributed by atoms with Gasteiger partial charge in [0.05, 0.1) is 12.6 Å². The molecular formula is C26H35NO3SSi. The predicted octanol–water partition coefficient (Wildman–Crippen LogP) is 6.19. The van der Waals surface area contributed by atoms with Crippen molar-refractivity contribution < 1.29 is 9.16 Å². The Hall–Kier alpha value is -2.02.